The summed E-state index contributed by atoms with van der Waals surface area (Å²) in [7, 11) is -8.82. The van der Waals surface area contributed by atoms with E-state index in [1.54, 1.807) is 6.92 Å². The molecule has 0 aliphatic heterocycles. The number of sulfonamides is 1. The van der Waals surface area contributed by atoms with Crippen LogP contribution >= 0.6 is 0 Å². The minimum absolute atomic E-state index is 0.204. The minimum Gasteiger partial charge on any atom is -0.478 e. The van der Waals surface area contributed by atoms with Crippen molar-refractivity contribution in [3.8, 4) is 5.88 Å². The van der Waals surface area contributed by atoms with Crippen molar-refractivity contribution in [3.05, 3.63) is 42.6 Å². The summed E-state index contributed by atoms with van der Waals surface area (Å²) in [6, 6.07) is 6.71. The summed E-state index contributed by atoms with van der Waals surface area (Å²) >= 11 is 0. The highest BCUT2D eigenvalue weighted by atomic mass is 32.3. The van der Waals surface area contributed by atoms with E-state index in [0.717, 1.165) is 24.3 Å². The van der Waals surface area contributed by atoms with Crippen LogP contribution < -0.4 is 9.46 Å². The molecule has 0 unspecified atom stereocenters. The Hall–Kier alpha value is -2.20. The quantitative estimate of drug-likeness (QED) is 0.790. The number of anilines is 1. The predicted octanol–water partition coefficient (Wildman–Crippen LogP) is 1.94. The van der Waals surface area contributed by atoms with Crippen LogP contribution in [0.25, 0.3) is 0 Å². The van der Waals surface area contributed by atoms with Gasteiger partial charge in [0.1, 0.15) is 0 Å². The van der Waals surface area contributed by atoms with Crippen molar-refractivity contribution >= 4 is 25.9 Å². The number of aromatic nitrogens is 1. The second kappa shape index (κ2) is 6.50. The Morgan fingerprint density at radius 3 is 2.13 bits per heavy atom. The number of nitrogens with one attached hydrogen (secondary N) is 1. The van der Waals surface area contributed by atoms with E-state index in [9.17, 15) is 20.7 Å². The topological polar surface area (TPSA) is 102 Å². The fourth-order valence-electron chi connectivity index (χ4n) is 1.67. The van der Waals surface area contributed by atoms with Gasteiger partial charge in [0.05, 0.1) is 28.3 Å². The fourth-order valence-corrected chi connectivity index (χ4v) is 3.17. The summed E-state index contributed by atoms with van der Waals surface area (Å²) in [5.74, 6) is 0.355. The first-order valence-corrected chi connectivity index (χ1v) is 9.25. The van der Waals surface area contributed by atoms with Crippen molar-refractivity contribution in [3.63, 3.8) is 0 Å². The third kappa shape index (κ3) is 4.39. The first-order chi connectivity index (χ1) is 10.7. The number of halogens is 1. The van der Waals surface area contributed by atoms with Crippen LogP contribution in [0.15, 0.2) is 52.4 Å². The molecule has 7 nitrogen and oxygen atoms in total. The summed E-state index contributed by atoms with van der Waals surface area (Å²) in [5, 5.41) is 0. The SMILES string of the molecule is CCOc1ccc(NS(=O)(=O)c2ccc(S(=O)(=O)F)cc2)cn1. The van der Waals surface area contributed by atoms with Crippen molar-refractivity contribution in [1.29, 1.82) is 0 Å². The molecule has 0 fully saturated rings. The Labute approximate surface area is 133 Å². The molecule has 0 spiro atoms. The average Bonchev–Trinajstić information content (AvgIpc) is 2.48. The van der Waals surface area contributed by atoms with Gasteiger partial charge in [-0.2, -0.15) is 8.42 Å². The molecule has 0 amide bonds. The molecular weight excluding hydrogens is 347 g/mol. The van der Waals surface area contributed by atoms with Gasteiger partial charge in [-0.1, -0.05) is 0 Å². The monoisotopic (exact) mass is 360 g/mol. The second-order valence-electron chi connectivity index (χ2n) is 4.33. The van der Waals surface area contributed by atoms with E-state index in [0.29, 0.717) is 12.5 Å². The van der Waals surface area contributed by atoms with Gasteiger partial charge in [-0.3, -0.25) is 4.72 Å². The molecule has 10 heteroatoms. The van der Waals surface area contributed by atoms with Crippen molar-refractivity contribution < 1.29 is 25.5 Å². The van der Waals surface area contributed by atoms with Gasteiger partial charge >= 0.3 is 10.2 Å². The lowest BCUT2D eigenvalue weighted by Gasteiger charge is -2.09. The second-order valence-corrected chi connectivity index (χ2v) is 7.36. The summed E-state index contributed by atoms with van der Waals surface area (Å²) in [6.07, 6.45) is 1.28. The first kappa shape index (κ1) is 17.2. The zero-order chi connectivity index (χ0) is 17.1. The molecule has 0 aliphatic carbocycles. The number of benzene rings is 1. The summed E-state index contributed by atoms with van der Waals surface area (Å²) < 4.78 is 66.0. The lowest BCUT2D eigenvalue weighted by atomic mass is 10.4. The third-order valence-electron chi connectivity index (χ3n) is 2.70. The standard InChI is InChI=1S/C13H13FN2O5S2/c1-2-21-13-8-3-10(9-15-13)16-23(19,20)12-6-4-11(5-7-12)22(14,17)18/h3-9,16H,2H2,1H3. The van der Waals surface area contributed by atoms with Gasteiger partial charge in [0.2, 0.25) is 5.88 Å². The van der Waals surface area contributed by atoms with Crippen molar-refractivity contribution in [1.82, 2.24) is 4.98 Å². The van der Waals surface area contributed by atoms with Gasteiger partial charge in [0, 0.05) is 6.07 Å². The van der Waals surface area contributed by atoms with Crippen LogP contribution in [-0.4, -0.2) is 28.4 Å². The smallest absolute Gasteiger partial charge is 0.332 e. The molecule has 0 radical (unpaired) electrons. The Balaban J connectivity index is 2.21. The number of hydrogen-bond acceptors (Lipinski definition) is 6. The Bertz CT molecular complexity index is 879. The lowest BCUT2D eigenvalue weighted by Crippen LogP contribution is -2.13. The zero-order valence-electron chi connectivity index (χ0n) is 11.9. The molecule has 23 heavy (non-hydrogen) atoms. The van der Waals surface area contributed by atoms with Crippen LogP contribution in [0.1, 0.15) is 6.92 Å². The normalized spacial score (nSPS) is 11.9. The van der Waals surface area contributed by atoms with E-state index in [2.05, 4.69) is 9.71 Å². The van der Waals surface area contributed by atoms with Gasteiger partial charge in [0.25, 0.3) is 10.0 Å². The van der Waals surface area contributed by atoms with E-state index < -0.39 is 25.1 Å². The predicted molar refractivity (Wildman–Crippen MR) is 81.0 cm³/mol. The molecular formula is C13H13FN2O5S2. The Kier molecular flexibility index (Phi) is 4.85. The molecule has 2 rings (SSSR count). The minimum atomic E-state index is -4.87. The van der Waals surface area contributed by atoms with Gasteiger partial charge in [-0.05, 0) is 37.3 Å². The maximum absolute atomic E-state index is 12.8. The molecule has 0 saturated carbocycles. The van der Waals surface area contributed by atoms with E-state index in [4.69, 9.17) is 4.74 Å². The first-order valence-electron chi connectivity index (χ1n) is 6.39. The third-order valence-corrected chi connectivity index (χ3v) is 4.93. The highest BCUT2D eigenvalue weighted by Crippen LogP contribution is 2.19. The number of rotatable bonds is 6. The van der Waals surface area contributed by atoms with Crippen LogP contribution in [0.3, 0.4) is 0 Å². The van der Waals surface area contributed by atoms with Crippen LogP contribution in [0.2, 0.25) is 0 Å². The van der Waals surface area contributed by atoms with E-state index >= 15 is 0 Å². The van der Waals surface area contributed by atoms with Gasteiger partial charge in [-0.25, -0.2) is 13.4 Å². The molecule has 2 aromatic rings. The molecule has 1 heterocycles. The summed E-state index contributed by atoms with van der Waals surface area (Å²) in [5.41, 5.74) is 0.204. The van der Waals surface area contributed by atoms with Crippen LogP contribution in [0.4, 0.5) is 9.57 Å². The molecule has 1 aromatic carbocycles. The van der Waals surface area contributed by atoms with Crippen LogP contribution in [-0.2, 0) is 20.2 Å². The maximum Gasteiger partial charge on any atom is 0.332 e. The van der Waals surface area contributed by atoms with Gasteiger partial charge in [0.15, 0.2) is 0 Å². The van der Waals surface area contributed by atoms with Crippen molar-refractivity contribution in [2.75, 3.05) is 11.3 Å². The summed E-state index contributed by atoms with van der Waals surface area (Å²) in [4.78, 5) is 3.09. The van der Waals surface area contributed by atoms with Crippen LogP contribution in [0.5, 0.6) is 5.88 Å². The average molecular weight is 360 g/mol. The molecule has 0 bridgehead atoms. The van der Waals surface area contributed by atoms with Gasteiger partial charge < -0.3 is 4.74 Å². The Morgan fingerprint density at radius 1 is 1.04 bits per heavy atom. The van der Waals surface area contributed by atoms with Crippen molar-refractivity contribution in [2.45, 2.75) is 16.7 Å². The van der Waals surface area contributed by atoms with E-state index in [-0.39, 0.29) is 10.6 Å². The molecule has 1 aromatic heterocycles. The zero-order valence-corrected chi connectivity index (χ0v) is 13.6. The Morgan fingerprint density at radius 2 is 1.65 bits per heavy atom. The van der Waals surface area contributed by atoms with E-state index in [1.165, 1.54) is 18.3 Å². The number of ether oxygens (including phenoxy) is 1. The lowest BCUT2D eigenvalue weighted by molar-refractivity contribution is 0.327. The van der Waals surface area contributed by atoms with Gasteiger partial charge in [-0.15, -0.1) is 3.89 Å². The number of pyridine rings is 1. The number of nitrogens with zero attached hydrogens (tertiary/aromatic N) is 1. The summed E-state index contributed by atoms with van der Waals surface area (Å²) in [6.45, 7) is 2.22. The highest BCUT2D eigenvalue weighted by Gasteiger charge is 2.17. The van der Waals surface area contributed by atoms with Crippen LogP contribution in [0, 0.1) is 0 Å². The molecule has 1 N–H and O–H groups in total. The highest BCUT2D eigenvalue weighted by molar-refractivity contribution is 7.92. The molecule has 124 valence electrons. The van der Waals surface area contributed by atoms with Crippen molar-refractivity contribution in [2.24, 2.45) is 0 Å². The maximum atomic E-state index is 12.8. The molecule has 0 aliphatic rings. The molecule has 0 atom stereocenters. The number of hydrogen-bond donors (Lipinski definition) is 1. The molecule has 0 saturated heterocycles. The largest absolute Gasteiger partial charge is 0.478 e. The van der Waals surface area contributed by atoms with E-state index in [1.807, 2.05) is 0 Å². The fraction of sp³-hybridized carbons (Fsp3) is 0.154.